The Bertz CT molecular complexity index is 455. The molecule has 0 saturated carbocycles. The number of aromatic nitrogens is 2. The van der Waals surface area contributed by atoms with E-state index in [1.54, 1.807) is 17.5 Å². The lowest BCUT2D eigenvalue weighted by Gasteiger charge is -2.01. The summed E-state index contributed by atoms with van der Waals surface area (Å²) in [5.74, 6) is 0. The maximum absolute atomic E-state index is 5.45. The van der Waals surface area contributed by atoms with Crippen LogP contribution in [0.25, 0.3) is 11.4 Å². The maximum atomic E-state index is 5.45. The van der Waals surface area contributed by atoms with Gasteiger partial charge in [-0.3, -0.25) is 4.98 Å². The van der Waals surface area contributed by atoms with E-state index in [1.807, 2.05) is 23.6 Å². The van der Waals surface area contributed by atoms with Crippen molar-refractivity contribution in [2.75, 3.05) is 18.4 Å². The van der Waals surface area contributed by atoms with Crippen molar-refractivity contribution in [2.24, 2.45) is 5.73 Å². The monoisotopic (exact) mass is 262 g/mol. The first-order chi connectivity index (χ1) is 8.90. The van der Waals surface area contributed by atoms with Crippen LogP contribution in [0.2, 0.25) is 0 Å². The highest BCUT2D eigenvalue weighted by Gasteiger charge is 2.04. The summed E-state index contributed by atoms with van der Waals surface area (Å²) in [5, 5.41) is 6.33. The molecule has 0 aliphatic carbocycles. The van der Waals surface area contributed by atoms with Gasteiger partial charge >= 0.3 is 0 Å². The lowest BCUT2D eigenvalue weighted by atomic mass is 10.2. The molecular weight excluding hydrogens is 244 g/mol. The molecule has 5 heteroatoms. The van der Waals surface area contributed by atoms with Gasteiger partial charge in [0.05, 0.1) is 5.69 Å². The van der Waals surface area contributed by atoms with Crippen LogP contribution in [0.4, 0.5) is 5.13 Å². The lowest BCUT2D eigenvalue weighted by Crippen LogP contribution is -2.03. The van der Waals surface area contributed by atoms with Crippen LogP contribution in [-0.4, -0.2) is 23.1 Å². The third kappa shape index (κ3) is 3.78. The highest BCUT2D eigenvalue weighted by molar-refractivity contribution is 7.14. The number of nitrogens with one attached hydrogen (secondary N) is 1. The molecule has 96 valence electrons. The van der Waals surface area contributed by atoms with E-state index in [-0.39, 0.29) is 0 Å². The predicted molar refractivity (Wildman–Crippen MR) is 76.7 cm³/mol. The van der Waals surface area contributed by atoms with Crippen molar-refractivity contribution in [1.82, 2.24) is 9.97 Å². The molecular formula is C13H18N4S. The van der Waals surface area contributed by atoms with Gasteiger partial charge in [-0.25, -0.2) is 4.98 Å². The van der Waals surface area contributed by atoms with Crippen molar-refractivity contribution >= 4 is 16.5 Å². The zero-order valence-corrected chi connectivity index (χ0v) is 11.1. The molecule has 0 saturated heterocycles. The van der Waals surface area contributed by atoms with Gasteiger partial charge in [0, 0.05) is 18.1 Å². The van der Waals surface area contributed by atoms with Crippen LogP contribution in [0.15, 0.2) is 29.8 Å². The molecule has 0 aromatic carbocycles. The fourth-order valence-corrected chi connectivity index (χ4v) is 2.36. The molecule has 2 aromatic rings. The lowest BCUT2D eigenvalue weighted by molar-refractivity contribution is 0.707. The van der Waals surface area contributed by atoms with E-state index < -0.39 is 0 Å². The fraction of sp³-hybridized carbons (Fsp3) is 0.385. The number of anilines is 1. The SMILES string of the molecule is NCCCCCNc1nc(-c2ccccn2)cs1. The number of hydrogen-bond donors (Lipinski definition) is 2. The maximum Gasteiger partial charge on any atom is 0.183 e. The van der Waals surface area contributed by atoms with E-state index in [4.69, 9.17) is 5.73 Å². The van der Waals surface area contributed by atoms with E-state index in [0.29, 0.717) is 0 Å². The van der Waals surface area contributed by atoms with Crippen LogP contribution in [0.5, 0.6) is 0 Å². The van der Waals surface area contributed by atoms with E-state index in [2.05, 4.69) is 15.3 Å². The van der Waals surface area contributed by atoms with Gasteiger partial charge in [-0.1, -0.05) is 12.5 Å². The molecule has 0 aliphatic rings. The summed E-state index contributed by atoms with van der Waals surface area (Å²) in [6.45, 7) is 1.73. The molecule has 2 aromatic heterocycles. The van der Waals surface area contributed by atoms with Gasteiger partial charge in [-0.2, -0.15) is 0 Å². The van der Waals surface area contributed by atoms with Crippen LogP contribution >= 0.6 is 11.3 Å². The molecule has 0 atom stereocenters. The minimum absolute atomic E-state index is 0.779. The van der Waals surface area contributed by atoms with Gasteiger partial charge in [-0.05, 0) is 31.5 Å². The van der Waals surface area contributed by atoms with Crippen LogP contribution in [0.3, 0.4) is 0 Å². The summed E-state index contributed by atoms with van der Waals surface area (Å²) in [4.78, 5) is 8.80. The first-order valence-corrected chi connectivity index (χ1v) is 7.09. The number of thiazole rings is 1. The summed E-state index contributed by atoms with van der Waals surface area (Å²) in [5.41, 5.74) is 7.31. The van der Waals surface area contributed by atoms with Crippen molar-refractivity contribution in [3.05, 3.63) is 29.8 Å². The molecule has 18 heavy (non-hydrogen) atoms. The normalized spacial score (nSPS) is 10.5. The molecule has 0 bridgehead atoms. The van der Waals surface area contributed by atoms with Crippen molar-refractivity contribution in [3.8, 4) is 11.4 Å². The van der Waals surface area contributed by atoms with Crippen molar-refractivity contribution < 1.29 is 0 Å². The zero-order valence-electron chi connectivity index (χ0n) is 10.3. The molecule has 0 fully saturated rings. The molecule has 0 aliphatic heterocycles. The quantitative estimate of drug-likeness (QED) is 0.753. The summed E-state index contributed by atoms with van der Waals surface area (Å²) in [6, 6.07) is 5.86. The Balaban J connectivity index is 1.83. The second-order valence-electron chi connectivity index (χ2n) is 4.03. The highest BCUT2D eigenvalue weighted by atomic mass is 32.1. The first kappa shape index (κ1) is 13.0. The molecule has 0 radical (unpaired) electrons. The zero-order chi connectivity index (χ0) is 12.6. The average Bonchev–Trinajstić information content (AvgIpc) is 2.88. The largest absolute Gasteiger partial charge is 0.362 e. The van der Waals surface area contributed by atoms with Gasteiger partial charge in [-0.15, -0.1) is 11.3 Å². The van der Waals surface area contributed by atoms with Crippen LogP contribution in [0.1, 0.15) is 19.3 Å². The van der Waals surface area contributed by atoms with Crippen LogP contribution in [-0.2, 0) is 0 Å². The Morgan fingerprint density at radius 3 is 2.89 bits per heavy atom. The van der Waals surface area contributed by atoms with E-state index in [1.165, 1.54) is 6.42 Å². The Kier molecular flexibility index (Phi) is 5.11. The number of hydrogen-bond acceptors (Lipinski definition) is 5. The Morgan fingerprint density at radius 1 is 1.17 bits per heavy atom. The van der Waals surface area contributed by atoms with Crippen molar-refractivity contribution in [3.63, 3.8) is 0 Å². The van der Waals surface area contributed by atoms with E-state index >= 15 is 0 Å². The smallest absolute Gasteiger partial charge is 0.183 e. The summed E-state index contributed by atoms with van der Waals surface area (Å²) in [6.07, 6.45) is 5.19. The molecule has 4 nitrogen and oxygen atoms in total. The summed E-state index contributed by atoms with van der Waals surface area (Å²) < 4.78 is 0. The molecule has 0 unspecified atom stereocenters. The first-order valence-electron chi connectivity index (χ1n) is 6.21. The number of nitrogens with two attached hydrogens (primary N) is 1. The Hall–Kier alpha value is -1.46. The number of pyridine rings is 1. The minimum Gasteiger partial charge on any atom is -0.362 e. The molecule has 0 amide bonds. The van der Waals surface area contributed by atoms with Gasteiger partial charge in [0.1, 0.15) is 5.69 Å². The second-order valence-corrected chi connectivity index (χ2v) is 4.89. The molecule has 2 heterocycles. The highest BCUT2D eigenvalue weighted by Crippen LogP contribution is 2.22. The topological polar surface area (TPSA) is 63.8 Å². The van der Waals surface area contributed by atoms with Gasteiger partial charge < -0.3 is 11.1 Å². The number of rotatable bonds is 7. The van der Waals surface area contributed by atoms with Gasteiger partial charge in [0.25, 0.3) is 0 Å². The fourth-order valence-electron chi connectivity index (χ4n) is 1.63. The third-order valence-corrected chi connectivity index (χ3v) is 3.39. The van der Waals surface area contributed by atoms with Gasteiger partial charge in [0.15, 0.2) is 5.13 Å². The van der Waals surface area contributed by atoms with Crippen LogP contribution < -0.4 is 11.1 Å². The van der Waals surface area contributed by atoms with Crippen molar-refractivity contribution in [1.29, 1.82) is 0 Å². The van der Waals surface area contributed by atoms with E-state index in [9.17, 15) is 0 Å². The molecule has 3 N–H and O–H groups in total. The average molecular weight is 262 g/mol. The predicted octanol–water partition coefficient (Wildman–Crippen LogP) is 2.75. The summed E-state index contributed by atoms with van der Waals surface area (Å²) in [7, 11) is 0. The Labute approximate surface area is 111 Å². The second kappa shape index (κ2) is 7.08. The van der Waals surface area contributed by atoms with Crippen LogP contribution in [0, 0.1) is 0 Å². The molecule has 0 spiro atoms. The van der Waals surface area contributed by atoms with Crippen molar-refractivity contribution in [2.45, 2.75) is 19.3 Å². The third-order valence-electron chi connectivity index (χ3n) is 2.59. The number of unbranched alkanes of at least 4 members (excludes halogenated alkanes) is 2. The standard InChI is InChI=1S/C13H18N4S/c14-7-3-1-4-9-16-13-17-12(10-18-13)11-6-2-5-8-15-11/h2,5-6,8,10H,1,3-4,7,9,14H2,(H,16,17). The Morgan fingerprint density at radius 2 is 2.11 bits per heavy atom. The number of nitrogens with zero attached hydrogens (tertiary/aromatic N) is 2. The molecule has 2 rings (SSSR count). The summed E-state index contributed by atoms with van der Waals surface area (Å²) >= 11 is 1.62. The van der Waals surface area contributed by atoms with Gasteiger partial charge in [0.2, 0.25) is 0 Å². The minimum atomic E-state index is 0.779. The van der Waals surface area contributed by atoms with E-state index in [0.717, 1.165) is 42.5 Å².